The van der Waals surface area contributed by atoms with Crippen LogP contribution in [0.4, 0.5) is 5.69 Å². The molecule has 0 spiro atoms. The first-order chi connectivity index (χ1) is 10.4. The second-order valence-corrected chi connectivity index (χ2v) is 12.9. The Labute approximate surface area is 140 Å². The molecule has 22 heavy (non-hydrogen) atoms. The van der Waals surface area contributed by atoms with Crippen LogP contribution in [0.15, 0.2) is 12.1 Å². The van der Waals surface area contributed by atoms with E-state index in [-0.39, 0.29) is 11.1 Å². The van der Waals surface area contributed by atoms with Gasteiger partial charge in [0.25, 0.3) is 0 Å². The molecule has 2 rings (SSSR count). The summed E-state index contributed by atoms with van der Waals surface area (Å²) >= 11 is 6.10. The molecular weight excluding hydrogens is 313 g/mol. The monoisotopic (exact) mass is 341 g/mol. The van der Waals surface area contributed by atoms with Crippen LogP contribution >= 0.6 is 18.9 Å². The van der Waals surface area contributed by atoms with Gasteiger partial charge in [0.1, 0.15) is 0 Å². The fourth-order valence-electron chi connectivity index (χ4n) is 4.23. The number of hydrogen-bond acceptors (Lipinski definition) is 1. The van der Waals surface area contributed by atoms with Gasteiger partial charge >= 0.3 is 140 Å². The maximum absolute atomic E-state index is 13.1. The summed E-state index contributed by atoms with van der Waals surface area (Å²) in [4.78, 5) is 13.1. The van der Waals surface area contributed by atoms with Crippen molar-refractivity contribution in [2.45, 2.75) is 52.6 Å². The van der Waals surface area contributed by atoms with Crippen LogP contribution in [-0.4, -0.2) is 29.5 Å². The minimum absolute atomic E-state index is 0.0379. The van der Waals surface area contributed by atoms with E-state index >= 15 is 0 Å². The number of amides is 1. The summed E-state index contributed by atoms with van der Waals surface area (Å²) in [5, 5.41) is 3.95. The summed E-state index contributed by atoms with van der Waals surface area (Å²) in [7, 11) is -1.53. The molecule has 4 heteroatoms. The van der Waals surface area contributed by atoms with E-state index in [2.05, 4.69) is 26.1 Å². The van der Waals surface area contributed by atoms with Gasteiger partial charge in [0.05, 0.1) is 0 Å². The van der Waals surface area contributed by atoms with Gasteiger partial charge in [-0.15, -0.1) is 0 Å². The number of anilines is 1. The Morgan fingerprint density at radius 2 is 1.59 bits per heavy atom. The first-order valence-corrected chi connectivity index (χ1v) is 11.4. The number of aryl methyl sites for hydroxylation is 2. The molecule has 1 saturated carbocycles. The van der Waals surface area contributed by atoms with E-state index in [4.69, 9.17) is 11.6 Å². The van der Waals surface area contributed by atoms with Gasteiger partial charge < -0.3 is 0 Å². The van der Waals surface area contributed by atoms with Gasteiger partial charge in [-0.05, 0) is 0 Å². The summed E-state index contributed by atoms with van der Waals surface area (Å²) in [6, 6.07) is 3.85. The van der Waals surface area contributed by atoms with Crippen LogP contribution in [0, 0.1) is 13.8 Å². The van der Waals surface area contributed by atoms with Crippen molar-refractivity contribution < 1.29 is 4.79 Å². The van der Waals surface area contributed by atoms with Crippen molar-refractivity contribution in [2.75, 3.05) is 23.8 Å². The summed E-state index contributed by atoms with van der Waals surface area (Å²) < 4.78 is 0. The van der Waals surface area contributed by atoms with E-state index in [1.165, 1.54) is 18.5 Å². The van der Waals surface area contributed by atoms with Gasteiger partial charge in [-0.25, -0.2) is 0 Å². The van der Waals surface area contributed by atoms with Gasteiger partial charge in [0.15, 0.2) is 0 Å². The summed E-state index contributed by atoms with van der Waals surface area (Å²) in [6.07, 6.45) is 5.75. The van der Waals surface area contributed by atoms with Crippen molar-refractivity contribution in [1.82, 2.24) is 0 Å². The number of carbonyl (C=O) groups is 1. The number of nitrogens with one attached hydrogen (secondary N) is 1. The van der Waals surface area contributed by atoms with Crippen LogP contribution in [0.1, 0.15) is 44.7 Å². The molecule has 0 aliphatic heterocycles. The Morgan fingerprint density at radius 3 is 1.95 bits per heavy atom. The molecule has 1 aliphatic rings. The second-order valence-electron chi connectivity index (χ2n) is 6.79. The molecule has 1 amide bonds. The molecule has 0 unspecified atom stereocenters. The molecule has 0 saturated heterocycles. The van der Waals surface area contributed by atoms with Gasteiger partial charge in [-0.1, -0.05) is 0 Å². The predicted molar refractivity (Wildman–Crippen MR) is 101 cm³/mol. The van der Waals surface area contributed by atoms with E-state index in [1.54, 1.807) is 0 Å². The van der Waals surface area contributed by atoms with E-state index in [0.29, 0.717) is 0 Å². The van der Waals surface area contributed by atoms with Gasteiger partial charge in [0.2, 0.25) is 0 Å². The van der Waals surface area contributed by atoms with E-state index in [9.17, 15) is 4.79 Å². The van der Waals surface area contributed by atoms with Gasteiger partial charge in [-0.3, -0.25) is 0 Å². The molecule has 0 radical (unpaired) electrons. The van der Waals surface area contributed by atoms with Crippen molar-refractivity contribution in [1.29, 1.82) is 0 Å². The van der Waals surface area contributed by atoms with Gasteiger partial charge in [-0.2, -0.15) is 0 Å². The fraction of sp³-hybridized carbons (Fsp3) is 0.611. The van der Waals surface area contributed by atoms with Crippen LogP contribution in [0.25, 0.3) is 0 Å². The van der Waals surface area contributed by atoms with Crippen LogP contribution < -0.4 is 5.32 Å². The summed E-state index contributed by atoms with van der Waals surface area (Å²) in [6.45, 7) is 10.9. The zero-order chi connectivity index (χ0) is 16.5. The molecule has 1 aromatic rings. The Balaban J connectivity index is 2.30. The zero-order valence-corrected chi connectivity index (χ0v) is 16.2. The number of halogens is 1. The molecular formula is C18H29ClNOP. The first kappa shape index (κ1) is 17.8. The van der Waals surface area contributed by atoms with Crippen molar-refractivity contribution in [3.63, 3.8) is 0 Å². The van der Waals surface area contributed by atoms with Crippen molar-refractivity contribution in [2.24, 2.45) is 0 Å². The molecule has 0 heterocycles. The molecule has 124 valence electrons. The first-order valence-electron chi connectivity index (χ1n) is 8.44. The number of rotatable bonds is 6. The average Bonchev–Trinajstić information content (AvgIpc) is 3.27. The van der Waals surface area contributed by atoms with E-state index < -0.39 is 7.26 Å². The second kappa shape index (κ2) is 6.49. The minimum atomic E-state index is -1.53. The Kier molecular flexibility index (Phi) is 5.24. The van der Waals surface area contributed by atoms with Crippen molar-refractivity contribution >= 4 is 30.5 Å². The van der Waals surface area contributed by atoms with Crippen LogP contribution in [0.2, 0.25) is 5.02 Å². The van der Waals surface area contributed by atoms with Crippen LogP contribution in [0.5, 0.6) is 0 Å². The van der Waals surface area contributed by atoms with Crippen molar-refractivity contribution in [3.8, 4) is 0 Å². The van der Waals surface area contributed by atoms with E-state index in [0.717, 1.165) is 34.7 Å². The molecule has 0 bridgehead atoms. The third-order valence-electron chi connectivity index (χ3n) is 5.97. The molecule has 1 N–H and O–H groups in total. The number of benzene rings is 1. The molecule has 0 aromatic heterocycles. The van der Waals surface area contributed by atoms with Crippen molar-refractivity contribution in [3.05, 3.63) is 28.3 Å². The fourth-order valence-corrected chi connectivity index (χ4v) is 9.82. The average molecular weight is 342 g/mol. The summed E-state index contributed by atoms with van der Waals surface area (Å²) in [5.41, 5.74) is 3.05. The Hall–Kier alpha value is -0.590. The SMILES string of the molecule is CC[PH](CC)(CC)C1(C(=O)Nc2c(C)cc(Cl)cc2C)CC1. The van der Waals surface area contributed by atoms with Crippen LogP contribution in [-0.2, 0) is 4.79 Å². The predicted octanol–water partition coefficient (Wildman–Crippen LogP) is 5.24. The quantitative estimate of drug-likeness (QED) is 0.704. The third-order valence-corrected chi connectivity index (χ3v) is 13.0. The Bertz CT molecular complexity index is 545. The topological polar surface area (TPSA) is 29.1 Å². The molecule has 1 aliphatic carbocycles. The molecule has 1 fully saturated rings. The standard InChI is InChI=1S/C18H29ClNOP/c1-6-22(7-2,8-3)18(9-10-18)17(21)20-16-13(4)11-15(19)12-14(16)5/h11-12,22H,6-10H2,1-5H3,(H,20,21). The number of hydrogen-bond donors (Lipinski definition) is 1. The molecule has 2 nitrogen and oxygen atoms in total. The normalized spacial score (nSPS) is 17.2. The molecule has 1 aromatic carbocycles. The zero-order valence-electron chi connectivity index (χ0n) is 14.5. The number of carbonyl (C=O) groups excluding carboxylic acids is 1. The summed E-state index contributed by atoms with van der Waals surface area (Å²) in [5.74, 6) is 0.262. The van der Waals surface area contributed by atoms with Crippen LogP contribution in [0.3, 0.4) is 0 Å². The van der Waals surface area contributed by atoms with Gasteiger partial charge in [0, 0.05) is 0 Å². The maximum atomic E-state index is 13.1. The Morgan fingerprint density at radius 1 is 1.14 bits per heavy atom. The molecule has 0 atom stereocenters. The third kappa shape index (κ3) is 2.81. The van der Waals surface area contributed by atoms with E-state index in [1.807, 2.05) is 26.0 Å².